The highest BCUT2D eigenvalue weighted by atomic mass is 35.5. The second kappa shape index (κ2) is 8.00. The van der Waals surface area contributed by atoms with E-state index >= 15 is 0 Å². The minimum Gasteiger partial charge on any atom is -0.376 e. The van der Waals surface area contributed by atoms with Crippen LogP contribution in [0, 0.1) is 10.1 Å². The molecule has 19 heavy (non-hydrogen) atoms. The van der Waals surface area contributed by atoms with E-state index in [0.717, 1.165) is 12.8 Å². The normalized spacial score (nSPS) is 12.2. The number of hydrogen-bond acceptors (Lipinski definition) is 3. The number of unbranched alkanes of at least 4 members (excludes halogenated alkanes) is 3. The number of nitrogens with zero attached hydrogens (tertiary/aromatic N) is 1. The predicted molar refractivity (Wildman–Crippen MR) is 80.0 cm³/mol. The topological polar surface area (TPSA) is 55.2 Å². The van der Waals surface area contributed by atoms with Crippen LogP contribution in [-0.2, 0) is 0 Å². The lowest BCUT2D eigenvalue weighted by atomic mass is 10.1. The van der Waals surface area contributed by atoms with Gasteiger partial charge in [-0.3, -0.25) is 10.1 Å². The molecule has 0 saturated carbocycles. The van der Waals surface area contributed by atoms with Crippen molar-refractivity contribution in [2.75, 3.05) is 5.32 Å². The first kappa shape index (κ1) is 15.8. The van der Waals surface area contributed by atoms with Crippen LogP contribution in [0.3, 0.4) is 0 Å². The molecule has 1 aromatic rings. The monoisotopic (exact) mass is 284 g/mol. The number of hydrogen-bond donors (Lipinski definition) is 1. The number of nitro benzene ring substituents is 1. The van der Waals surface area contributed by atoms with Gasteiger partial charge in [0, 0.05) is 12.1 Å². The van der Waals surface area contributed by atoms with Gasteiger partial charge in [0.25, 0.3) is 5.69 Å². The molecule has 1 aromatic carbocycles. The average Bonchev–Trinajstić information content (AvgIpc) is 2.37. The third-order valence-corrected chi connectivity index (χ3v) is 3.38. The molecule has 1 atom stereocenters. The van der Waals surface area contributed by atoms with Crippen LogP contribution in [-0.4, -0.2) is 11.0 Å². The van der Waals surface area contributed by atoms with Crippen molar-refractivity contribution in [1.29, 1.82) is 0 Å². The number of nitro groups is 1. The molecule has 0 heterocycles. The molecule has 1 rings (SSSR count). The van der Waals surface area contributed by atoms with Gasteiger partial charge in [-0.1, -0.05) is 50.3 Å². The van der Waals surface area contributed by atoms with Gasteiger partial charge in [-0.15, -0.1) is 0 Å². The van der Waals surface area contributed by atoms with Gasteiger partial charge in [-0.2, -0.15) is 0 Å². The quantitative estimate of drug-likeness (QED) is 0.414. The Morgan fingerprint density at radius 2 is 2.11 bits per heavy atom. The number of nitrogens with one attached hydrogen (secondary N) is 1. The minimum atomic E-state index is -0.405. The maximum Gasteiger partial charge on any atom is 0.293 e. The Kier molecular flexibility index (Phi) is 6.64. The Morgan fingerprint density at radius 1 is 1.37 bits per heavy atom. The standard InChI is InChI=1S/C14H21ClN2O2/c1-3-4-5-6-8-11(2)16-14-12(15)9-7-10-13(14)17(18)19/h7,9-11,16H,3-6,8H2,1-2H3. The molecule has 0 bridgehead atoms. The molecule has 0 aliphatic rings. The van der Waals surface area contributed by atoms with Crippen molar-refractivity contribution < 1.29 is 4.92 Å². The molecule has 0 spiro atoms. The molecule has 0 saturated heterocycles. The number of halogens is 1. The van der Waals surface area contributed by atoms with E-state index < -0.39 is 4.92 Å². The molecule has 0 amide bonds. The largest absolute Gasteiger partial charge is 0.376 e. The van der Waals surface area contributed by atoms with Crippen LogP contribution in [0.2, 0.25) is 5.02 Å². The fourth-order valence-electron chi connectivity index (χ4n) is 2.00. The van der Waals surface area contributed by atoms with E-state index in [1.807, 2.05) is 6.92 Å². The summed E-state index contributed by atoms with van der Waals surface area (Å²) >= 11 is 6.03. The van der Waals surface area contributed by atoms with Gasteiger partial charge in [0.15, 0.2) is 0 Å². The highest BCUT2D eigenvalue weighted by Gasteiger charge is 2.17. The van der Waals surface area contributed by atoms with Crippen molar-refractivity contribution in [2.45, 2.75) is 52.0 Å². The molecule has 0 aliphatic heterocycles. The van der Waals surface area contributed by atoms with Crippen molar-refractivity contribution in [1.82, 2.24) is 0 Å². The van der Waals surface area contributed by atoms with Gasteiger partial charge in [0.1, 0.15) is 5.69 Å². The maximum absolute atomic E-state index is 11.0. The van der Waals surface area contributed by atoms with E-state index in [2.05, 4.69) is 12.2 Å². The molecule has 0 aliphatic carbocycles. The second-order valence-corrected chi connectivity index (χ2v) is 5.19. The third kappa shape index (κ3) is 5.07. The molecule has 0 radical (unpaired) electrons. The van der Waals surface area contributed by atoms with Gasteiger partial charge in [-0.05, 0) is 19.4 Å². The highest BCUT2D eigenvalue weighted by molar-refractivity contribution is 6.33. The zero-order valence-corrected chi connectivity index (χ0v) is 12.2. The molecular weight excluding hydrogens is 264 g/mol. The zero-order chi connectivity index (χ0) is 14.3. The Hall–Kier alpha value is -1.29. The number of anilines is 1. The van der Waals surface area contributed by atoms with Crippen molar-refractivity contribution in [3.63, 3.8) is 0 Å². The molecule has 0 aromatic heterocycles. The summed E-state index contributed by atoms with van der Waals surface area (Å²) in [6, 6.07) is 4.91. The van der Waals surface area contributed by atoms with Crippen LogP contribution < -0.4 is 5.32 Å². The maximum atomic E-state index is 11.0. The van der Waals surface area contributed by atoms with Crippen LogP contribution >= 0.6 is 11.6 Å². The summed E-state index contributed by atoms with van der Waals surface area (Å²) in [4.78, 5) is 10.6. The van der Waals surface area contributed by atoms with E-state index in [4.69, 9.17) is 11.6 Å². The van der Waals surface area contributed by atoms with Crippen molar-refractivity contribution in [2.24, 2.45) is 0 Å². The van der Waals surface area contributed by atoms with Gasteiger partial charge in [0.2, 0.25) is 0 Å². The van der Waals surface area contributed by atoms with E-state index in [-0.39, 0.29) is 11.7 Å². The summed E-state index contributed by atoms with van der Waals surface area (Å²) in [7, 11) is 0. The SMILES string of the molecule is CCCCCCC(C)Nc1c(Cl)cccc1[N+](=O)[O-]. The first-order valence-corrected chi connectivity index (χ1v) is 7.13. The van der Waals surface area contributed by atoms with Crippen LogP contribution in [0.1, 0.15) is 46.0 Å². The molecule has 0 fully saturated rings. The molecule has 1 N–H and O–H groups in total. The summed E-state index contributed by atoms with van der Waals surface area (Å²) in [5.74, 6) is 0. The Morgan fingerprint density at radius 3 is 2.74 bits per heavy atom. The second-order valence-electron chi connectivity index (χ2n) is 4.79. The lowest BCUT2D eigenvalue weighted by Gasteiger charge is -2.16. The van der Waals surface area contributed by atoms with E-state index in [1.165, 1.54) is 25.3 Å². The van der Waals surface area contributed by atoms with Gasteiger partial charge in [0.05, 0.1) is 9.95 Å². The lowest BCUT2D eigenvalue weighted by Crippen LogP contribution is -2.16. The molecule has 4 nitrogen and oxygen atoms in total. The van der Waals surface area contributed by atoms with Crippen LogP contribution in [0.15, 0.2) is 18.2 Å². The van der Waals surface area contributed by atoms with E-state index in [1.54, 1.807) is 12.1 Å². The lowest BCUT2D eigenvalue weighted by molar-refractivity contribution is -0.384. The smallest absolute Gasteiger partial charge is 0.293 e. The fraction of sp³-hybridized carbons (Fsp3) is 0.571. The Bertz CT molecular complexity index is 424. The predicted octanol–water partition coefficient (Wildman–Crippen LogP) is 5.02. The summed E-state index contributed by atoms with van der Waals surface area (Å²) in [5.41, 5.74) is 0.463. The average molecular weight is 285 g/mol. The molecule has 1 unspecified atom stereocenters. The first-order valence-electron chi connectivity index (χ1n) is 6.75. The summed E-state index contributed by atoms with van der Waals surface area (Å²) in [5, 5.41) is 14.5. The Labute approximate surface area is 119 Å². The first-order chi connectivity index (χ1) is 9.06. The third-order valence-electron chi connectivity index (χ3n) is 3.07. The summed E-state index contributed by atoms with van der Waals surface area (Å²) in [6.07, 6.45) is 5.76. The van der Waals surface area contributed by atoms with Gasteiger partial charge >= 0.3 is 0 Å². The van der Waals surface area contributed by atoms with Gasteiger partial charge < -0.3 is 5.32 Å². The molecular formula is C14H21ClN2O2. The molecule has 5 heteroatoms. The van der Waals surface area contributed by atoms with Crippen LogP contribution in [0.25, 0.3) is 0 Å². The highest BCUT2D eigenvalue weighted by Crippen LogP contribution is 2.32. The summed E-state index contributed by atoms with van der Waals surface area (Å²) in [6.45, 7) is 4.20. The number of para-hydroxylation sites is 1. The van der Waals surface area contributed by atoms with E-state index in [0.29, 0.717) is 10.7 Å². The van der Waals surface area contributed by atoms with Crippen LogP contribution in [0.4, 0.5) is 11.4 Å². The van der Waals surface area contributed by atoms with E-state index in [9.17, 15) is 10.1 Å². The fourth-order valence-corrected chi connectivity index (χ4v) is 2.23. The van der Waals surface area contributed by atoms with Crippen molar-refractivity contribution in [3.05, 3.63) is 33.3 Å². The number of benzene rings is 1. The molecule has 106 valence electrons. The van der Waals surface area contributed by atoms with Gasteiger partial charge in [-0.25, -0.2) is 0 Å². The van der Waals surface area contributed by atoms with Crippen molar-refractivity contribution in [3.8, 4) is 0 Å². The zero-order valence-electron chi connectivity index (χ0n) is 11.5. The Balaban J connectivity index is 2.63. The van der Waals surface area contributed by atoms with Crippen molar-refractivity contribution >= 4 is 23.0 Å². The van der Waals surface area contributed by atoms with Crippen LogP contribution in [0.5, 0.6) is 0 Å². The number of rotatable bonds is 8. The minimum absolute atomic E-state index is 0.0351. The summed E-state index contributed by atoms with van der Waals surface area (Å²) < 4.78 is 0.